The van der Waals surface area contributed by atoms with Crippen LogP contribution in [0.3, 0.4) is 0 Å². The summed E-state index contributed by atoms with van der Waals surface area (Å²) in [4.78, 5) is 14.8. The van der Waals surface area contributed by atoms with Gasteiger partial charge in [-0.1, -0.05) is 30.8 Å². The number of aliphatic carboxylic acids is 1. The fourth-order valence-corrected chi connectivity index (χ4v) is 1.94. The van der Waals surface area contributed by atoms with E-state index in [0.29, 0.717) is 22.6 Å². The molecule has 10 heteroatoms. The van der Waals surface area contributed by atoms with Crippen LogP contribution in [0.15, 0.2) is 9.68 Å². The number of nitrogens with zero attached hydrogens (tertiary/aromatic N) is 6. The molecule has 2 rings (SSSR count). The van der Waals surface area contributed by atoms with Gasteiger partial charge in [0, 0.05) is 5.92 Å². The molecule has 2 aromatic heterocycles. The van der Waals surface area contributed by atoms with Crippen molar-refractivity contribution < 1.29 is 14.4 Å². The standard InChI is InChI=1S/C9H12N6O3S/c1-5(2)8-10-6(12-18-8)4-19-9-11-13-14-15(9)3-7(16)17/h5H,3-4H2,1-2H3,(H,16,17). The number of carbonyl (C=O) groups is 1. The summed E-state index contributed by atoms with van der Waals surface area (Å²) in [6.45, 7) is 3.63. The quantitative estimate of drug-likeness (QED) is 0.758. The molecule has 0 amide bonds. The molecule has 2 heterocycles. The Morgan fingerprint density at radius 2 is 2.32 bits per heavy atom. The molecule has 9 nitrogen and oxygen atoms in total. The Balaban J connectivity index is 1.98. The van der Waals surface area contributed by atoms with Crippen LogP contribution in [-0.4, -0.2) is 41.4 Å². The third kappa shape index (κ3) is 3.50. The molecule has 102 valence electrons. The number of hydrogen-bond acceptors (Lipinski definition) is 8. The van der Waals surface area contributed by atoms with Crippen molar-refractivity contribution in [2.24, 2.45) is 0 Å². The third-order valence-electron chi connectivity index (χ3n) is 2.09. The van der Waals surface area contributed by atoms with Crippen molar-refractivity contribution in [1.82, 2.24) is 30.3 Å². The summed E-state index contributed by atoms with van der Waals surface area (Å²) < 4.78 is 6.27. The lowest BCUT2D eigenvalue weighted by molar-refractivity contribution is -0.138. The van der Waals surface area contributed by atoms with Gasteiger partial charge in [0.2, 0.25) is 11.0 Å². The van der Waals surface area contributed by atoms with Gasteiger partial charge in [0.25, 0.3) is 0 Å². The molecule has 0 bridgehead atoms. The Morgan fingerprint density at radius 3 is 2.95 bits per heavy atom. The molecule has 0 atom stereocenters. The smallest absolute Gasteiger partial charge is 0.325 e. The fourth-order valence-electron chi connectivity index (χ4n) is 1.22. The topological polar surface area (TPSA) is 120 Å². The molecule has 0 saturated heterocycles. The molecule has 0 unspecified atom stereocenters. The SMILES string of the molecule is CC(C)c1nc(CSc2nnnn2CC(=O)O)no1. The predicted molar refractivity (Wildman–Crippen MR) is 63.4 cm³/mol. The summed E-state index contributed by atoms with van der Waals surface area (Å²) in [5, 5.41) is 23.7. The maximum absolute atomic E-state index is 10.6. The van der Waals surface area contributed by atoms with E-state index in [9.17, 15) is 4.79 Å². The lowest BCUT2D eigenvalue weighted by Crippen LogP contribution is -2.11. The van der Waals surface area contributed by atoms with E-state index in [1.165, 1.54) is 16.4 Å². The van der Waals surface area contributed by atoms with Gasteiger partial charge in [0.1, 0.15) is 6.54 Å². The van der Waals surface area contributed by atoms with Gasteiger partial charge in [0.15, 0.2) is 5.82 Å². The summed E-state index contributed by atoms with van der Waals surface area (Å²) >= 11 is 1.25. The maximum atomic E-state index is 10.6. The highest BCUT2D eigenvalue weighted by atomic mass is 32.2. The van der Waals surface area contributed by atoms with Crippen LogP contribution in [0.25, 0.3) is 0 Å². The zero-order chi connectivity index (χ0) is 13.8. The molecule has 0 spiro atoms. The minimum absolute atomic E-state index is 0.170. The van der Waals surface area contributed by atoms with Gasteiger partial charge in [-0.3, -0.25) is 4.79 Å². The van der Waals surface area contributed by atoms with Crippen molar-refractivity contribution >= 4 is 17.7 Å². The lowest BCUT2D eigenvalue weighted by atomic mass is 10.2. The van der Waals surface area contributed by atoms with Crippen molar-refractivity contribution in [3.05, 3.63) is 11.7 Å². The van der Waals surface area contributed by atoms with Crippen LogP contribution in [-0.2, 0) is 17.1 Å². The van der Waals surface area contributed by atoms with Crippen molar-refractivity contribution in [2.45, 2.75) is 37.2 Å². The molecule has 0 aromatic carbocycles. The summed E-state index contributed by atoms with van der Waals surface area (Å²) in [5.74, 6) is 0.676. The number of carboxylic acids is 1. The van der Waals surface area contributed by atoms with Gasteiger partial charge >= 0.3 is 5.97 Å². The minimum atomic E-state index is -1.00. The molecule has 0 saturated carbocycles. The highest BCUT2D eigenvalue weighted by Gasteiger charge is 2.13. The predicted octanol–water partition coefficient (Wildman–Crippen LogP) is 0.556. The number of aromatic nitrogens is 6. The Kier molecular flexibility index (Phi) is 4.10. The van der Waals surface area contributed by atoms with Gasteiger partial charge in [0.05, 0.1) is 5.75 Å². The zero-order valence-electron chi connectivity index (χ0n) is 10.3. The number of rotatable bonds is 6. The molecular weight excluding hydrogens is 272 g/mol. The van der Waals surface area contributed by atoms with Crippen LogP contribution < -0.4 is 0 Å². The van der Waals surface area contributed by atoms with Crippen LogP contribution >= 0.6 is 11.8 Å². The number of carboxylic acid groups (broad SMARTS) is 1. The Bertz CT molecular complexity index is 566. The summed E-state index contributed by atoms with van der Waals surface area (Å²) in [7, 11) is 0. The third-order valence-corrected chi connectivity index (χ3v) is 3.05. The minimum Gasteiger partial charge on any atom is -0.480 e. The van der Waals surface area contributed by atoms with E-state index < -0.39 is 5.97 Å². The molecule has 2 aromatic rings. The largest absolute Gasteiger partial charge is 0.480 e. The zero-order valence-corrected chi connectivity index (χ0v) is 11.2. The summed E-state index contributed by atoms with van der Waals surface area (Å²) in [5.41, 5.74) is 0. The molecule has 0 radical (unpaired) electrons. The fraction of sp³-hybridized carbons (Fsp3) is 0.556. The van der Waals surface area contributed by atoms with Crippen LogP contribution in [0, 0.1) is 0 Å². The summed E-state index contributed by atoms with van der Waals surface area (Å²) in [6, 6.07) is 0. The monoisotopic (exact) mass is 284 g/mol. The van der Waals surface area contributed by atoms with Gasteiger partial charge in [-0.15, -0.1) is 5.10 Å². The first kappa shape index (κ1) is 13.5. The number of tetrazole rings is 1. The molecule has 0 fully saturated rings. The normalized spacial score (nSPS) is 11.1. The molecule has 0 aliphatic carbocycles. The van der Waals surface area contributed by atoms with Crippen molar-refractivity contribution in [2.75, 3.05) is 0 Å². The highest BCUT2D eigenvalue weighted by molar-refractivity contribution is 7.98. The maximum Gasteiger partial charge on any atom is 0.325 e. The van der Waals surface area contributed by atoms with E-state index in [0.717, 1.165) is 0 Å². The number of thioether (sulfide) groups is 1. The van der Waals surface area contributed by atoms with Gasteiger partial charge < -0.3 is 9.63 Å². The number of hydrogen-bond donors (Lipinski definition) is 1. The van der Waals surface area contributed by atoms with E-state index >= 15 is 0 Å². The first-order valence-corrected chi connectivity index (χ1v) is 6.48. The van der Waals surface area contributed by atoms with E-state index in [1.807, 2.05) is 13.8 Å². The second-order valence-electron chi connectivity index (χ2n) is 4.01. The highest BCUT2D eigenvalue weighted by Crippen LogP contribution is 2.19. The Labute approximate surface area is 112 Å². The second kappa shape index (κ2) is 5.78. The average Bonchev–Trinajstić information content (AvgIpc) is 2.94. The van der Waals surface area contributed by atoms with Crippen LogP contribution in [0.1, 0.15) is 31.5 Å². The van der Waals surface area contributed by atoms with Gasteiger partial charge in [-0.05, 0) is 10.4 Å². The van der Waals surface area contributed by atoms with E-state index in [4.69, 9.17) is 9.63 Å². The van der Waals surface area contributed by atoms with Gasteiger partial charge in [-0.25, -0.2) is 4.68 Å². The van der Waals surface area contributed by atoms with Crippen molar-refractivity contribution in [3.8, 4) is 0 Å². The lowest BCUT2D eigenvalue weighted by Gasteiger charge is -1.98. The van der Waals surface area contributed by atoms with E-state index in [2.05, 4.69) is 25.7 Å². The molecule has 0 aliphatic heterocycles. The van der Waals surface area contributed by atoms with Crippen LogP contribution in [0.4, 0.5) is 0 Å². The molecule has 19 heavy (non-hydrogen) atoms. The van der Waals surface area contributed by atoms with E-state index in [1.54, 1.807) is 0 Å². The van der Waals surface area contributed by atoms with E-state index in [-0.39, 0.29) is 12.5 Å². The van der Waals surface area contributed by atoms with Crippen molar-refractivity contribution in [3.63, 3.8) is 0 Å². The molecular formula is C9H12N6O3S. The second-order valence-corrected chi connectivity index (χ2v) is 4.95. The average molecular weight is 284 g/mol. The van der Waals surface area contributed by atoms with Crippen LogP contribution in [0.5, 0.6) is 0 Å². The van der Waals surface area contributed by atoms with Gasteiger partial charge in [-0.2, -0.15) is 4.98 Å². The van der Waals surface area contributed by atoms with Crippen molar-refractivity contribution in [1.29, 1.82) is 0 Å². The first-order chi connectivity index (χ1) is 9.06. The Morgan fingerprint density at radius 1 is 1.53 bits per heavy atom. The molecule has 0 aliphatic rings. The Hall–Kier alpha value is -1.97. The molecule has 1 N–H and O–H groups in total. The van der Waals surface area contributed by atoms with Crippen LogP contribution in [0.2, 0.25) is 0 Å². The first-order valence-electron chi connectivity index (χ1n) is 5.49. The summed E-state index contributed by atoms with van der Waals surface area (Å²) in [6.07, 6.45) is 0.